The monoisotopic (exact) mass is 206 g/mol. The number of hydrogen-bond acceptors (Lipinski definition) is 2. The van der Waals surface area contributed by atoms with Gasteiger partial charge >= 0.3 is 0 Å². The molecule has 2 bridgehead atoms. The standard InChI is InChI=1S/C12H18N2O/c15-12-10-6-9-7-1-2-8(5-7)11(9)14(10)4-3-13-12/h7-11H,1-6H2,(H,13,15)/t7-,8+,9?,10?,11?/m1/s1. The van der Waals surface area contributed by atoms with E-state index < -0.39 is 0 Å². The van der Waals surface area contributed by atoms with Gasteiger partial charge < -0.3 is 5.32 Å². The summed E-state index contributed by atoms with van der Waals surface area (Å²) in [5.74, 6) is 3.04. The molecule has 0 aromatic rings. The maximum absolute atomic E-state index is 11.8. The minimum atomic E-state index is 0.233. The molecule has 4 rings (SSSR count). The average molecular weight is 206 g/mol. The third-order valence-electron chi connectivity index (χ3n) is 5.29. The number of nitrogens with one attached hydrogen (secondary N) is 1. The van der Waals surface area contributed by atoms with Crippen molar-refractivity contribution < 1.29 is 4.79 Å². The van der Waals surface area contributed by atoms with Crippen molar-refractivity contribution in [1.82, 2.24) is 10.2 Å². The highest BCUT2D eigenvalue weighted by Crippen LogP contribution is 2.56. The lowest BCUT2D eigenvalue weighted by molar-refractivity contribution is -0.128. The molecule has 2 aliphatic heterocycles. The van der Waals surface area contributed by atoms with Crippen molar-refractivity contribution in [3.63, 3.8) is 0 Å². The second-order valence-electron chi connectivity index (χ2n) is 5.77. The molecular formula is C12H18N2O. The Morgan fingerprint density at radius 2 is 2.07 bits per heavy atom. The zero-order valence-corrected chi connectivity index (χ0v) is 8.98. The maximum Gasteiger partial charge on any atom is 0.237 e. The first kappa shape index (κ1) is 8.57. The van der Waals surface area contributed by atoms with Crippen molar-refractivity contribution in [3.05, 3.63) is 0 Å². The molecular weight excluding hydrogens is 188 g/mol. The molecule has 4 aliphatic rings. The van der Waals surface area contributed by atoms with Crippen LogP contribution in [0.5, 0.6) is 0 Å². The molecule has 0 aromatic carbocycles. The van der Waals surface area contributed by atoms with Gasteiger partial charge in [-0.05, 0) is 43.4 Å². The van der Waals surface area contributed by atoms with Crippen LogP contribution < -0.4 is 5.32 Å². The molecule has 3 heteroatoms. The second-order valence-corrected chi connectivity index (χ2v) is 5.77. The SMILES string of the molecule is O=C1NCCN2C1CC1C2[C@H]2CC[C@@H]1C2. The van der Waals surface area contributed by atoms with Gasteiger partial charge in [-0.1, -0.05) is 0 Å². The van der Waals surface area contributed by atoms with Crippen LogP contribution in [0.3, 0.4) is 0 Å². The number of nitrogens with zero attached hydrogens (tertiary/aromatic N) is 1. The van der Waals surface area contributed by atoms with Crippen molar-refractivity contribution in [2.75, 3.05) is 13.1 Å². The van der Waals surface area contributed by atoms with Crippen LogP contribution in [0.15, 0.2) is 0 Å². The van der Waals surface area contributed by atoms with Gasteiger partial charge in [0, 0.05) is 19.1 Å². The lowest BCUT2D eigenvalue weighted by Crippen LogP contribution is -2.55. The van der Waals surface area contributed by atoms with Crippen molar-refractivity contribution in [1.29, 1.82) is 0 Å². The minimum Gasteiger partial charge on any atom is -0.353 e. The Kier molecular flexibility index (Phi) is 1.58. The Morgan fingerprint density at radius 1 is 1.20 bits per heavy atom. The van der Waals surface area contributed by atoms with Gasteiger partial charge in [0.2, 0.25) is 5.91 Å². The highest BCUT2D eigenvalue weighted by molar-refractivity contribution is 5.83. The second kappa shape index (κ2) is 2.76. The van der Waals surface area contributed by atoms with Crippen LogP contribution in [-0.4, -0.2) is 36.0 Å². The molecule has 2 heterocycles. The molecule has 3 unspecified atom stereocenters. The predicted octanol–water partition coefficient (Wildman–Crippen LogP) is 0.605. The van der Waals surface area contributed by atoms with Crippen LogP contribution >= 0.6 is 0 Å². The fourth-order valence-electron chi connectivity index (χ4n) is 4.82. The lowest BCUT2D eigenvalue weighted by Gasteiger charge is -2.36. The average Bonchev–Trinajstić information content (AvgIpc) is 2.87. The lowest BCUT2D eigenvalue weighted by atomic mass is 9.84. The summed E-state index contributed by atoms with van der Waals surface area (Å²) in [5.41, 5.74) is 0. The van der Waals surface area contributed by atoms with Gasteiger partial charge in [-0.15, -0.1) is 0 Å². The van der Waals surface area contributed by atoms with E-state index in [0.29, 0.717) is 5.91 Å². The number of carbonyl (C=O) groups excluding carboxylic acids is 1. The molecule has 4 fully saturated rings. The fourth-order valence-corrected chi connectivity index (χ4v) is 4.82. The van der Waals surface area contributed by atoms with E-state index >= 15 is 0 Å². The van der Waals surface area contributed by atoms with Gasteiger partial charge in [-0.2, -0.15) is 0 Å². The molecule has 82 valence electrons. The largest absolute Gasteiger partial charge is 0.353 e. The van der Waals surface area contributed by atoms with Crippen LogP contribution in [-0.2, 0) is 4.79 Å². The normalized spacial score (nSPS) is 52.8. The zero-order chi connectivity index (χ0) is 9.99. The van der Waals surface area contributed by atoms with Gasteiger partial charge in [0.1, 0.15) is 0 Å². The molecule has 0 radical (unpaired) electrons. The molecule has 5 atom stereocenters. The Hall–Kier alpha value is -0.570. The topological polar surface area (TPSA) is 32.3 Å². The van der Waals surface area contributed by atoms with E-state index in [0.717, 1.165) is 43.3 Å². The zero-order valence-electron chi connectivity index (χ0n) is 8.98. The van der Waals surface area contributed by atoms with Gasteiger partial charge in [-0.25, -0.2) is 0 Å². The van der Waals surface area contributed by atoms with Crippen LogP contribution in [0.1, 0.15) is 25.7 Å². The van der Waals surface area contributed by atoms with E-state index in [2.05, 4.69) is 10.2 Å². The van der Waals surface area contributed by atoms with E-state index in [4.69, 9.17) is 0 Å². The van der Waals surface area contributed by atoms with E-state index in [1.807, 2.05) is 0 Å². The molecule has 2 aliphatic carbocycles. The third kappa shape index (κ3) is 0.975. The van der Waals surface area contributed by atoms with Crippen LogP contribution in [0.25, 0.3) is 0 Å². The summed E-state index contributed by atoms with van der Waals surface area (Å²) in [6.45, 7) is 1.97. The Bertz CT molecular complexity index is 317. The highest BCUT2D eigenvalue weighted by atomic mass is 16.2. The predicted molar refractivity (Wildman–Crippen MR) is 56.2 cm³/mol. The van der Waals surface area contributed by atoms with Gasteiger partial charge in [0.15, 0.2) is 0 Å². The summed E-state index contributed by atoms with van der Waals surface area (Å²) < 4.78 is 0. The van der Waals surface area contributed by atoms with Gasteiger partial charge in [-0.3, -0.25) is 9.69 Å². The van der Waals surface area contributed by atoms with Gasteiger partial charge in [0.05, 0.1) is 6.04 Å². The number of rotatable bonds is 0. The molecule has 2 saturated heterocycles. The molecule has 1 N–H and O–H groups in total. The summed E-state index contributed by atoms with van der Waals surface area (Å²) in [7, 11) is 0. The quantitative estimate of drug-likeness (QED) is 0.629. The first-order valence-electron chi connectivity index (χ1n) is 6.38. The van der Waals surface area contributed by atoms with Crippen molar-refractivity contribution in [2.24, 2.45) is 17.8 Å². The van der Waals surface area contributed by atoms with Crippen molar-refractivity contribution in [3.8, 4) is 0 Å². The summed E-state index contributed by atoms with van der Waals surface area (Å²) in [6.07, 6.45) is 5.47. The Morgan fingerprint density at radius 3 is 3.00 bits per heavy atom. The molecule has 1 amide bonds. The maximum atomic E-state index is 11.8. The molecule has 0 spiro atoms. The number of carbonyl (C=O) groups is 1. The van der Waals surface area contributed by atoms with E-state index in [1.165, 1.54) is 19.3 Å². The first-order valence-corrected chi connectivity index (χ1v) is 6.38. The van der Waals surface area contributed by atoms with E-state index in [1.54, 1.807) is 0 Å². The first-order chi connectivity index (χ1) is 7.34. The molecule has 0 aromatic heterocycles. The summed E-state index contributed by atoms with van der Waals surface area (Å²) in [4.78, 5) is 14.3. The number of piperazine rings is 1. The number of amides is 1. The van der Waals surface area contributed by atoms with E-state index in [-0.39, 0.29) is 6.04 Å². The third-order valence-corrected chi connectivity index (χ3v) is 5.29. The number of hydrogen-bond donors (Lipinski definition) is 1. The minimum absolute atomic E-state index is 0.233. The van der Waals surface area contributed by atoms with Crippen molar-refractivity contribution in [2.45, 2.75) is 37.8 Å². The van der Waals surface area contributed by atoms with Crippen LogP contribution in [0, 0.1) is 17.8 Å². The summed E-state index contributed by atoms with van der Waals surface area (Å²) >= 11 is 0. The van der Waals surface area contributed by atoms with Gasteiger partial charge in [0.25, 0.3) is 0 Å². The Labute approximate surface area is 90.2 Å². The van der Waals surface area contributed by atoms with Crippen LogP contribution in [0.4, 0.5) is 0 Å². The summed E-state index contributed by atoms with van der Waals surface area (Å²) in [5, 5.41) is 3.01. The van der Waals surface area contributed by atoms with E-state index in [9.17, 15) is 4.79 Å². The Balaban J connectivity index is 1.68. The molecule has 2 saturated carbocycles. The molecule has 15 heavy (non-hydrogen) atoms. The van der Waals surface area contributed by atoms with Crippen molar-refractivity contribution >= 4 is 5.91 Å². The number of fused-ring (bicyclic) bond motifs is 7. The van der Waals surface area contributed by atoms with Crippen LogP contribution in [0.2, 0.25) is 0 Å². The molecule has 3 nitrogen and oxygen atoms in total. The summed E-state index contributed by atoms with van der Waals surface area (Å²) in [6, 6.07) is 1.01. The highest BCUT2D eigenvalue weighted by Gasteiger charge is 2.57. The fraction of sp³-hybridized carbons (Fsp3) is 0.917. The smallest absolute Gasteiger partial charge is 0.237 e.